The smallest absolute Gasteiger partial charge is 0.416 e. The van der Waals surface area contributed by atoms with Crippen LogP contribution in [0.3, 0.4) is 0 Å². The number of piperazine rings is 1. The quantitative estimate of drug-likeness (QED) is 0.253. The van der Waals surface area contributed by atoms with Crippen LogP contribution in [-0.4, -0.2) is 63.1 Å². The number of carbonyl (C=O) groups is 1. The van der Waals surface area contributed by atoms with Crippen LogP contribution in [0.1, 0.15) is 19.4 Å². The van der Waals surface area contributed by atoms with Crippen LogP contribution in [0.25, 0.3) is 11.0 Å². The number of fused-ring (bicyclic) bond motifs is 1. The van der Waals surface area contributed by atoms with Crippen LogP contribution in [0.5, 0.6) is 11.5 Å². The molecule has 0 spiro atoms. The number of carbonyl (C=O) groups excluding carboxylic acids is 1. The van der Waals surface area contributed by atoms with E-state index >= 15 is 0 Å². The van der Waals surface area contributed by atoms with E-state index in [1.807, 2.05) is 6.92 Å². The van der Waals surface area contributed by atoms with Crippen molar-refractivity contribution in [3.63, 3.8) is 0 Å². The zero-order valence-corrected chi connectivity index (χ0v) is 22.5. The van der Waals surface area contributed by atoms with Crippen molar-refractivity contribution in [2.75, 3.05) is 43.4 Å². The highest BCUT2D eigenvalue weighted by atomic mass is 19.4. The second kappa shape index (κ2) is 11.6. The number of imidazole rings is 1. The van der Waals surface area contributed by atoms with E-state index in [0.717, 1.165) is 25.7 Å². The minimum absolute atomic E-state index is 0.187. The third-order valence-electron chi connectivity index (χ3n) is 6.88. The number of aromatic nitrogens is 3. The lowest BCUT2D eigenvalue weighted by molar-refractivity contribution is -0.137. The predicted molar refractivity (Wildman–Crippen MR) is 147 cm³/mol. The molecule has 1 fully saturated rings. The zero-order valence-electron chi connectivity index (χ0n) is 22.5. The summed E-state index contributed by atoms with van der Waals surface area (Å²) >= 11 is 0. The number of benzene rings is 2. The second-order valence-corrected chi connectivity index (χ2v) is 9.48. The highest BCUT2D eigenvalue weighted by Gasteiger charge is 2.31. The fraction of sp³-hybridized carbons (Fsp3) is 0.321. The molecule has 1 aliphatic rings. The van der Waals surface area contributed by atoms with Gasteiger partial charge >= 0.3 is 12.2 Å². The summed E-state index contributed by atoms with van der Waals surface area (Å²) in [6, 6.07) is 10.4. The minimum atomic E-state index is -4.61. The highest BCUT2D eigenvalue weighted by molar-refractivity contribution is 5.88. The van der Waals surface area contributed by atoms with Crippen molar-refractivity contribution in [2.24, 2.45) is 0 Å². The summed E-state index contributed by atoms with van der Waals surface area (Å²) in [4.78, 5) is 25.4. The number of amides is 2. The number of hydrogen-bond acceptors (Lipinski definition) is 6. The number of likely N-dealkylation sites (N-methyl/N-ethyl adjacent to an activating group) is 1. The Hall–Kier alpha value is -4.39. The molecule has 0 saturated carbocycles. The maximum absolute atomic E-state index is 14.4. The summed E-state index contributed by atoms with van der Waals surface area (Å²) in [5.74, 6) is 0.572. The molecule has 2 N–H and O–H groups in total. The van der Waals surface area contributed by atoms with Gasteiger partial charge in [0.05, 0.1) is 22.3 Å². The Morgan fingerprint density at radius 1 is 0.976 bits per heavy atom. The van der Waals surface area contributed by atoms with Gasteiger partial charge in [-0.25, -0.2) is 19.2 Å². The molecule has 0 aliphatic carbocycles. The van der Waals surface area contributed by atoms with E-state index in [2.05, 4.69) is 32.4 Å². The number of anilines is 3. The van der Waals surface area contributed by atoms with Gasteiger partial charge in [-0.05, 0) is 49.9 Å². The van der Waals surface area contributed by atoms with Gasteiger partial charge in [0.1, 0.15) is 23.1 Å². The number of nitrogens with one attached hydrogen (secondary N) is 2. The first-order chi connectivity index (χ1) is 19.6. The molecule has 0 atom stereocenters. The van der Waals surface area contributed by atoms with E-state index in [1.54, 1.807) is 39.8 Å². The van der Waals surface area contributed by atoms with Crippen molar-refractivity contribution < 1.29 is 27.1 Å². The van der Waals surface area contributed by atoms with Crippen molar-refractivity contribution in [1.29, 1.82) is 0 Å². The molecule has 2 aromatic heterocycles. The third kappa shape index (κ3) is 6.35. The van der Waals surface area contributed by atoms with Crippen molar-refractivity contribution in [1.82, 2.24) is 24.3 Å². The summed E-state index contributed by atoms with van der Waals surface area (Å²) < 4.78 is 61.6. The Labute approximate surface area is 233 Å². The van der Waals surface area contributed by atoms with Crippen molar-refractivity contribution >= 4 is 34.5 Å². The SMILES string of the molecule is CCN1CCN(C(=O)Nc2cc(Oc3ccc4c(c3)nc(Nc3cc(C(F)(F)F)ccc3F)n4CC)ccn2)CC1. The largest absolute Gasteiger partial charge is 0.457 e. The summed E-state index contributed by atoms with van der Waals surface area (Å²) in [5.41, 5.74) is -0.128. The molecule has 1 aliphatic heterocycles. The van der Waals surface area contributed by atoms with Gasteiger partial charge in [0, 0.05) is 51.1 Å². The second-order valence-electron chi connectivity index (χ2n) is 9.48. The van der Waals surface area contributed by atoms with Crippen LogP contribution in [0.4, 0.5) is 39.8 Å². The first kappa shape index (κ1) is 28.1. The molecule has 41 heavy (non-hydrogen) atoms. The Morgan fingerprint density at radius 2 is 1.73 bits per heavy atom. The number of hydrogen-bond donors (Lipinski definition) is 2. The van der Waals surface area contributed by atoms with Gasteiger partial charge in [-0.3, -0.25) is 5.32 Å². The van der Waals surface area contributed by atoms with Gasteiger partial charge in [0.25, 0.3) is 0 Å². The normalized spacial score (nSPS) is 14.3. The van der Waals surface area contributed by atoms with Crippen LogP contribution in [0.2, 0.25) is 0 Å². The first-order valence-corrected chi connectivity index (χ1v) is 13.2. The van der Waals surface area contributed by atoms with Gasteiger partial charge < -0.3 is 24.4 Å². The molecule has 0 unspecified atom stereocenters. The molecule has 5 rings (SSSR count). The molecule has 4 aromatic rings. The van der Waals surface area contributed by atoms with E-state index in [0.29, 0.717) is 60.1 Å². The number of ether oxygens (including phenoxy) is 1. The topological polar surface area (TPSA) is 87.5 Å². The standard InChI is InChI=1S/C28H29F4N7O2/c1-3-37-11-13-38(14-12-37)27(40)36-25-17-20(9-10-33-25)41-19-6-8-24-23(16-19)35-26(39(24)4-2)34-22-15-18(28(30,31)32)5-7-21(22)29/h5-10,15-17H,3-4,11-14H2,1-2H3,(H,34,35)(H,33,36,40). The monoisotopic (exact) mass is 571 g/mol. The van der Waals surface area contributed by atoms with E-state index in [9.17, 15) is 22.4 Å². The zero-order chi connectivity index (χ0) is 29.1. The maximum atomic E-state index is 14.4. The Morgan fingerprint density at radius 3 is 2.44 bits per heavy atom. The molecule has 3 heterocycles. The van der Waals surface area contributed by atoms with Gasteiger partial charge in [-0.1, -0.05) is 6.92 Å². The van der Waals surface area contributed by atoms with E-state index < -0.39 is 17.6 Å². The van der Waals surface area contributed by atoms with Crippen LogP contribution < -0.4 is 15.4 Å². The Kier molecular flexibility index (Phi) is 7.97. The molecular formula is C28H29F4N7O2. The average molecular weight is 572 g/mol. The fourth-order valence-electron chi connectivity index (χ4n) is 4.64. The van der Waals surface area contributed by atoms with Crippen molar-refractivity contribution in [2.45, 2.75) is 26.6 Å². The van der Waals surface area contributed by atoms with Gasteiger partial charge in [-0.2, -0.15) is 13.2 Å². The van der Waals surface area contributed by atoms with Crippen LogP contribution >= 0.6 is 0 Å². The molecular weight excluding hydrogens is 542 g/mol. The van der Waals surface area contributed by atoms with Crippen molar-refractivity contribution in [3.05, 3.63) is 66.1 Å². The van der Waals surface area contributed by atoms with Crippen LogP contribution in [0.15, 0.2) is 54.7 Å². The number of alkyl halides is 3. The molecule has 9 nitrogen and oxygen atoms in total. The van der Waals surface area contributed by atoms with Crippen LogP contribution in [0, 0.1) is 5.82 Å². The molecule has 0 bridgehead atoms. The van der Waals surface area contributed by atoms with Crippen LogP contribution in [-0.2, 0) is 12.7 Å². The van der Waals surface area contributed by atoms with E-state index in [1.165, 1.54) is 6.20 Å². The summed E-state index contributed by atoms with van der Waals surface area (Å²) in [6.07, 6.45) is -3.09. The molecule has 216 valence electrons. The van der Waals surface area contributed by atoms with Crippen molar-refractivity contribution in [3.8, 4) is 11.5 Å². The number of rotatable bonds is 7. The van der Waals surface area contributed by atoms with Gasteiger partial charge in [0.2, 0.25) is 5.95 Å². The van der Waals surface area contributed by atoms with Gasteiger partial charge in [0.15, 0.2) is 0 Å². The number of nitrogens with zero attached hydrogens (tertiary/aromatic N) is 5. The maximum Gasteiger partial charge on any atom is 0.416 e. The number of urea groups is 1. The van der Waals surface area contributed by atoms with Gasteiger partial charge in [-0.15, -0.1) is 0 Å². The molecule has 0 radical (unpaired) electrons. The Balaban J connectivity index is 1.32. The predicted octanol–water partition coefficient (Wildman–Crippen LogP) is 6.31. The summed E-state index contributed by atoms with van der Waals surface area (Å²) in [5, 5.41) is 5.51. The molecule has 2 amide bonds. The fourth-order valence-corrected chi connectivity index (χ4v) is 4.64. The molecule has 13 heteroatoms. The molecule has 2 aromatic carbocycles. The molecule has 1 saturated heterocycles. The van der Waals surface area contributed by atoms with E-state index in [4.69, 9.17) is 4.74 Å². The number of halogens is 4. The highest BCUT2D eigenvalue weighted by Crippen LogP contribution is 2.34. The summed E-state index contributed by atoms with van der Waals surface area (Å²) in [7, 11) is 0. The Bertz CT molecular complexity index is 1550. The third-order valence-corrected chi connectivity index (χ3v) is 6.88. The first-order valence-electron chi connectivity index (χ1n) is 13.2. The lowest BCUT2D eigenvalue weighted by Crippen LogP contribution is -2.49. The van der Waals surface area contributed by atoms with E-state index in [-0.39, 0.29) is 17.7 Å². The average Bonchev–Trinajstić information content (AvgIpc) is 3.30. The number of aryl methyl sites for hydroxylation is 1. The summed E-state index contributed by atoms with van der Waals surface area (Å²) in [6.45, 7) is 8.24. The number of pyridine rings is 1. The lowest BCUT2D eigenvalue weighted by Gasteiger charge is -2.33. The minimum Gasteiger partial charge on any atom is -0.457 e. The lowest BCUT2D eigenvalue weighted by atomic mass is 10.2.